The molecule has 1 unspecified atom stereocenters. The van der Waals surface area contributed by atoms with E-state index in [0.717, 1.165) is 19.3 Å². The molecule has 1 nitrogen and oxygen atoms in total. The quantitative estimate of drug-likeness (QED) is 0.801. The number of hydrogen-bond donors (Lipinski definition) is 1. The monoisotopic (exact) mass is 214 g/mol. The van der Waals surface area contributed by atoms with E-state index in [2.05, 4.69) is 0 Å². The average molecular weight is 215 g/mol. The van der Waals surface area contributed by atoms with E-state index in [-0.39, 0.29) is 11.7 Å². The summed E-state index contributed by atoms with van der Waals surface area (Å²) in [6.45, 7) is 0. The summed E-state index contributed by atoms with van der Waals surface area (Å²) in [5, 5.41) is 10.2. The number of halogens is 2. The van der Waals surface area contributed by atoms with Gasteiger partial charge in [-0.2, -0.15) is 0 Å². The summed E-state index contributed by atoms with van der Waals surface area (Å²) in [7, 11) is 0. The highest BCUT2D eigenvalue weighted by atomic mass is 35.5. The number of aliphatic hydroxyl groups excluding tert-OH is 1. The van der Waals surface area contributed by atoms with Gasteiger partial charge in [-0.05, 0) is 42.5 Å². The van der Waals surface area contributed by atoms with E-state index in [1.807, 2.05) is 0 Å². The van der Waals surface area contributed by atoms with Crippen molar-refractivity contribution in [2.24, 2.45) is 5.92 Å². The molecule has 1 aliphatic rings. The molecule has 3 heteroatoms. The SMILES string of the molecule is OC(c1cc(F)cc(Cl)c1)C1CCC1. The fourth-order valence-electron chi connectivity index (χ4n) is 1.77. The lowest BCUT2D eigenvalue weighted by Gasteiger charge is -2.30. The molecule has 1 atom stereocenters. The normalized spacial score (nSPS) is 19.1. The number of benzene rings is 1. The van der Waals surface area contributed by atoms with Gasteiger partial charge in [-0.15, -0.1) is 0 Å². The van der Waals surface area contributed by atoms with Crippen LogP contribution in [-0.2, 0) is 0 Å². The summed E-state index contributed by atoms with van der Waals surface area (Å²) in [5.74, 6) is -0.0984. The third kappa shape index (κ3) is 1.91. The number of hydrogen-bond acceptors (Lipinski definition) is 1. The van der Waals surface area contributed by atoms with Crippen LogP contribution in [0.4, 0.5) is 4.39 Å². The van der Waals surface area contributed by atoms with Crippen LogP contribution in [0.3, 0.4) is 0 Å². The van der Waals surface area contributed by atoms with E-state index in [9.17, 15) is 9.50 Å². The zero-order chi connectivity index (χ0) is 10.1. The molecular weight excluding hydrogens is 203 g/mol. The predicted octanol–water partition coefficient (Wildman–Crippen LogP) is 3.31. The van der Waals surface area contributed by atoms with Gasteiger partial charge in [0.05, 0.1) is 6.10 Å². The first kappa shape index (κ1) is 9.94. The molecule has 0 bridgehead atoms. The second-order valence-corrected chi connectivity index (χ2v) is 4.28. The summed E-state index contributed by atoms with van der Waals surface area (Å²) in [6.07, 6.45) is 2.65. The molecule has 0 amide bonds. The predicted molar refractivity (Wildman–Crippen MR) is 53.7 cm³/mol. The summed E-state index contributed by atoms with van der Waals surface area (Å²) in [6, 6.07) is 4.24. The maximum atomic E-state index is 13.0. The number of rotatable bonds is 2. The molecule has 0 aromatic heterocycles. The first-order valence-corrected chi connectivity index (χ1v) is 5.18. The minimum Gasteiger partial charge on any atom is -0.388 e. The summed E-state index contributed by atoms with van der Waals surface area (Å²) in [4.78, 5) is 0. The maximum Gasteiger partial charge on any atom is 0.125 e. The third-order valence-electron chi connectivity index (χ3n) is 2.82. The van der Waals surface area contributed by atoms with Gasteiger partial charge in [-0.3, -0.25) is 0 Å². The van der Waals surface area contributed by atoms with Crippen LogP contribution in [0.5, 0.6) is 0 Å². The van der Waals surface area contributed by atoms with Crippen LogP contribution in [0, 0.1) is 11.7 Å². The first-order valence-electron chi connectivity index (χ1n) is 4.81. The average Bonchev–Trinajstić information content (AvgIpc) is 1.98. The molecule has 1 saturated carbocycles. The lowest BCUT2D eigenvalue weighted by atomic mass is 9.79. The molecule has 0 heterocycles. The van der Waals surface area contributed by atoms with Crippen molar-refractivity contribution in [3.8, 4) is 0 Å². The van der Waals surface area contributed by atoms with Crippen molar-refractivity contribution in [1.82, 2.24) is 0 Å². The van der Waals surface area contributed by atoms with Gasteiger partial charge in [0.1, 0.15) is 5.82 Å². The topological polar surface area (TPSA) is 20.2 Å². The van der Waals surface area contributed by atoms with Crippen molar-refractivity contribution in [3.63, 3.8) is 0 Å². The van der Waals surface area contributed by atoms with E-state index in [1.54, 1.807) is 6.07 Å². The molecule has 14 heavy (non-hydrogen) atoms. The lowest BCUT2D eigenvalue weighted by Crippen LogP contribution is -2.20. The van der Waals surface area contributed by atoms with E-state index >= 15 is 0 Å². The van der Waals surface area contributed by atoms with Crippen molar-refractivity contribution in [2.75, 3.05) is 0 Å². The van der Waals surface area contributed by atoms with Gasteiger partial charge < -0.3 is 5.11 Å². The van der Waals surface area contributed by atoms with Crippen molar-refractivity contribution in [3.05, 3.63) is 34.6 Å². The van der Waals surface area contributed by atoms with Crippen LogP contribution in [-0.4, -0.2) is 5.11 Å². The zero-order valence-corrected chi connectivity index (χ0v) is 8.47. The molecule has 0 radical (unpaired) electrons. The molecular formula is C11H12ClFO. The minimum atomic E-state index is -0.558. The van der Waals surface area contributed by atoms with Gasteiger partial charge in [-0.1, -0.05) is 18.0 Å². The molecule has 1 aromatic rings. The summed E-state index contributed by atoms with van der Waals surface area (Å²) < 4.78 is 13.0. The van der Waals surface area contributed by atoms with E-state index in [1.165, 1.54) is 12.1 Å². The Balaban J connectivity index is 2.21. The fraction of sp³-hybridized carbons (Fsp3) is 0.455. The lowest BCUT2D eigenvalue weighted by molar-refractivity contribution is 0.0618. The van der Waals surface area contributed by atoms with Gasteiger partial charge in [0.15, 0.2) is 0 Å². The van der Waals surface area contributed by atoms with Gasteiger partial charge in [0.2, 0.25) is 0 Å². The van der Waals surface area contributed by atoms with E-state index < -0.39 is 6.10 Å². The van der Waals surface area contributed by atoms with E-state index in [4.69, 9.17) is 11.6 Å². The smallest absolute Gasteiger partial charge is 0.125 e. The second-order valence-electron chi connectivity index (χ2n) is 3.84. The fourth-order valence-corrected chi connectivity index (χ4v) is 2.00. The van der Waals surface area contributed by atoms with Crippen molar-refractivity contribution in [2.45, 2.75) is 25.4 Å². The Morgan fingerprint density at radius 3 is 2.57 bits per heavy atom. The Hall–Kier alpha value is -0.600. The highest BCUT2D eigenvalue weighted by molar-refractivity contribution is 6.30. The van der Waals surface area contributed by atoms with Crippen LogP contribution in [0.25, 0.3) is 0 Å². The standard InChI is InChI=1S/C11H12ClFO/c12-9-4-8(5-10(13)6-9)11(14)7-2-1-3-7/h4-7,11,14H,1-3H2. The summed E-state index contributed by atoms with van der Waals surface area (Å²) in [5.41, 5.74) is 0.597. The molecule has 1 N–H and O–H groups in total. The molecule has 1 aliphatic carbocycles. The Morgan fingerprint density at radius 2 is 2.07 bits per heavy atom. The Kier molecular flexibility index (Phi) is 2.75. The second kappa shape index (κ2) is 3.87. The van der Waals surface area contributed by atoms with Crippen LogP contribution in [0.15, 0.2) is 18.2 Å². The van der Waals surface area contributed by atoms with Crippen LogP contribution < -0.4 is 0 Å². The summed E-state index contributed by atoms with van der Waals surface area (Å²) >= 11 is 5.71. The zero-order valence-electron chi connectivity index (χ0n) is 7.71. The van der Waals surface area contributed by atoms with Gasteiger partial charge in [0.25, 0.3) is 0 Å². The Labute approximate surface area is 87.5 Å². The third-order valence-corrected chi connectivity index (χ3v) is 3.04. The first-order chi connectivity index (χ1) is 6.66. The van der Waals surface area contributed by atoms with Crippen LogP contribution in [0.1, 0.15) is 30.9 Å². The molecule has 0 saturated heterocycles. The van der Waals surface area contributed by atoms with Crippen molar-refractivity contribution < 1.29 is 9.50 Å². The molecule has 1 aromatic carbocycles. The largest absolute Gasteiger partial charge is 0.388 e. The molecule has 0 spiro atoms. The maximum absolute atomic E-state index is 13.0. The Bertz CT molecular complexity index is 316. The van der Waals surface area contributed by atoms with Crippen LogP contribution >= 0.6 is 11.6 Å². The Morgan fingerprint density at radius 1 is 1.36 bits per heavy atom. The molecule has 76 valence electrons. The van der Waals surface area contributed by atoms with Crippen molar-refractivity contribution in [1.29, 1.82) is 0 Å². The van der Waals surface area contributed by atoms with Gasteiger partial charge >= 0.3 is 0 Å². The van der Waals surface area contributed by atoms with Gasteiger partial charge in [0, 0.05) is 5.02 Å². The van der Waals surface area contributed by atoms with Crippen LogP contribution in [0.2, 0.25) is 5.02 Å². The minimum absolute atomic E-state index is 0.285. The molecule has 1 fully saturated rings. The molecule has 0 aliphatic heterocycles. The van der Waals surface area contributed by atoms with Crippen molar-refractivity contribution >= 4 is 11.6 Å². The molecule has 2 rings (SSSR count). The highest BCUT2D eigenvalue weighted by Crippen LogP contribution is 2.38. The van der Waals surface area contributed by atoms with Gasteiger partial charge in [-0.25, -0.2) is 4.39 Å². The van der Waals surface area contributed by atoms with E-state index in [0.29, 0.717) is 10.6 Å². The highest BCUT2D eigenvalue weighted by Gasteiger charge is 2.27. The number of aliphatic hydroxyl groups is 1.